The highest BCUT2D eigenvalue weighted by atomic mass is 16.1. The molecule has 4 aromatic rings. The summed E-state index contributed by atoms with van der Waals surface area (Å²) in [6, 6.07) is 20.4. The molecule has 178 valence electrons. The molecular weight excluding hydrogens is 434 g/mol. The highest BCUT2D eigenvalue weighted by Crippen LogP contribution is 2.47. The molecule has 0 radical (unpaired) electrons. The third-order valence-electron chi connectivity index (χ3n) is 7.64. The molecule has 0 spiro atoms. The first-order valence-corrected chi connectivity index (χ1v) is 12.4. The molecule has 0 saturated heterocycles. The number of rotatable bonds is 7. The van der Waals surface area contributed by atoms with Gasteiger partial charge in [0.2, 0.25) is 0 Å². The number of nitrogens with one attached hydrogen (secondary N) is 2. The zero-order chi connectivity index (χ0) is 24.0. The van der Waals surface area contributed by atoms with Gasteiger partial charge in [0.25, 0.3) is 0 Å². The summed E-state index contributed by atoms with van der Waals surface area (Å²) in [6.45, 7) is 4.66. The Morgan fingerprint density at radius 1 is 1.17 bits per heavy atom. The van der Waals surface area contributed by atoms with E-state index in [0.717, 1.165) is 70.7 Å². The zero-order valence-corrected chi connectivity index (χ0v) is 20.1. The number of hydrogen-bond acceptors (Lipinski definition) is 5. The molecule has 2 heterocycles. The van der Waals surface area contributed by atoms with Crippen molar-refractivity contribution in [3.63, 3.8) is 0 Å². The summed E-state index contributed by atoms with van der Waals surface area (Å²) in [5.74, 6) is 0.815. The highest BCUT2D eigenvalue weighted by molar-refractivity contribution is 5.81. The minimum absolute atomic E-state index is 0.177. The van der Waals surface area contributed by atoms with E-state index in [9.17, 15) is 4.79 Å². The van der Waals surface area contributed by atoms with Crippen molar-refractivity contribution in [2.75, 3.05) is 18.4 Å². The van der Waals surface area contributed by atoms with Crippen LogP contribution in [0.3, 0.4) is 0 Å². The number of aldehydes is 1. The fraction of sp³-hybridized carbons (Fsp3) is 0.310. The van der Waals surface area contributed by atoms with Crippen molar-refractivity contribution in [1.82, 2.24) is 14.9 Å². The average molecular weight is 466 g/mol. The van der Waals surface area contributed by atoms with Crippen LogP contribution in [-0.4, -0.2) is 34.2 Å². The van der Waals surface area contributed by atoms with Crippen molar-refractivity contribution in [1.29, 1.82) is 0 Å². The number of aromatic amines is 1. The van der Waals surface area contributed by atoms with E-state index < -0.39 is 0 Å². The van der Waals surface area contributed by atoms with Crippen LogP contribution in [-0.2, 0) is 17.8 Å². The highest BCUT2D eigenvalue weighted by Gasteiger charge is 2.41. The van der Waals surface area contributed by atoms with Crippen molar-refractivity contribution in [3.8, 4) is 11.4 Å². The fourth-order valence-corrected chi connectivity index (χ4v) is 5.36. The van der Waals surface area contributed by atoms with Crippen molar-refractivity contribution in [3.05, 3.63) is 77.4 Å². The van der Waals surface area contributed by atoms with Crippen LogP contribution in [0.1, 0.15) is 42.5 Å². The van der Waals surface area contributed by atoms with Gasteiger partial charge >= 0.3 is 0 Å². The number of hydrogen-bond donors (Lipinski definition) is 3. The van der Waals surface area contributed by atoms with Crippen LogP contribution in [0.15, 0.2) is 60.7 Å². The smallest absolute Gasteiger partial charge is 0.141 e. The predicted octanol–water partition coefficient (Wildman–Crippen LogP) is 5.33. The standard InChI is InChI=1S/C29H31N5O/c1-29(12-13-29)18-34-14-11-21-22(27(34)17-35)5-4-8-24(21)31-20-10-9-19(16-30)23(15-20)28-32-25-6-2-3-7-26(25)33-28/h2-10,15,17,27,31H,11-14,16,18,30H2,1H3,(H,32,33). The lowest BCUT2D eigenvalue weighted by atomic mass is 9.90. The van der Waals surface area contributed by atoms with Crippen LogP contribution in [0.4, 0.5) is 11.4 Å². The molecule has 1 fully saturated rings. The van der Waals surface area contributed by atoms with Crippen molar-refractivity contribution < 1.29 is 4.79 Å². The molecule has 35 heavy (non-hydrogen) atoms. The van der Waals surface area contributed by atoms with Gasteiger partial charge in [-0.05, 0) is 71.7 Å². The van der Waals surface area contributed by atoms with Crippen LogP contribution < -0.4 is 11.1 Å². The molecule has 2 aliphatic rings. The minimum Gasteiger partial charge on any atom is -0.355 e. The third-order valence-corrected chi connectivity index (χ3v) is 7.64. The maximum atomic E-state index is 12.2. The Morgan fingerprint density at radius 2 is 2.03 bits per heavy atom. The van der Waals surface area contributed by atoms with E-state index in [1.807, 2.05) is 24.3 Å². The van der Waals surface area contributed by atoms with Crippen molar-refractivity contribution in [2.45, 2.75) is 38.8 Å². The number of nitrogens with zero attached hydrogens (tertiary/aromatic N) is 2. The molecule has 3 aromatic carbocycles. The molecule has 1 aromatic heterocycles. The Kier molecular flexibility index (Phi) is 5.43. The van der Waals surface area contributed by atoms with E-state index in [1.54, 1.807) is 0 Å². The first-order valence-electron chi connectivity index (χ1n) is 12.4. The molecule has 1 unspecified atom stereocenters. The number of nitrogens with two attached hydrogens (primary N) is 1. The van der Waals surface area contributed by atoms with Gasteiger partial charge in [-0.3, -0.25) is 4.90 Å². The van der Waals surface area contributed by atoms with E-state index >= 15 is 0 Å². The second kappa shape index (κ2) is 8.63. The van der Waals surface area contributed by atoms with Gasteiger partial charge in [-0.15, -0.1) is 0 Å². The second-order valence-electron chi connectivity index (χ2n) is 10.3. The van der Waals surface area contributed by atoms with Gasteiger partial charge in [0, 0.05) is 36.6 Å². The summed E-state index contributed by atoms with van der Waals surface area (Å²) in [5.41, 5.74) is 14.8. The Hall–Kier alpha value is -3.48. The molecule has 1 atom stereocenters. The van der Waals surface area contributed by atoms with Crippen molar-refractivity contribution >= 4 is 28.7 Å². The van der Waals surface area contributed by atoms with Crippen LogP contribution >= 0.6 is 0 Å². The summed E-state index contributed by atoms with van der Waals surface area (Å²) in [6.07, 6.45) is 4.56. The van der Waals surface area contributed by atoms with Crippen LogP contribution in [0.5, 0.6) is 0 Å². The number of anilines is 2. The second-order valence-corrected chi connectivity index (χ2v) is 10.3. The molecular formula is C29H31N5O. The fourth-order valence-electron chi connectivity index (χ4n) is 5.36. The van der Waals surface area contributed by atoms with Gasteiger partial charge in [0.15, 0.2) is 0 Å². The maximum Gasteiger partial charge on any atom is 0.141 e. The number of fused-ring (bicyclic) bond motifs is 2. The number of benzene rings is 3. The van der Waals surface area contributed by atoms with Gasteiger partial charge in [-0.2, -0.15) is 0 Å². The normalized spacial score (nSPS) is 18.9. The van der Waals surface area contributed by atoms with Crippen molar-refractivity contribution in [2.24, 2.45) is 11.1 Å². The third kappa shape index (κ3) is 4.13. The first-order chi connectivity index (χ1) is 17.1. The van der Waals surface area contributed by atoms with Gasteiger partial charge in [0.05, 0.1) is 17.1 Å². The Morgan fingerprint density at radius 3 is 2.80 bits per heavy atom. The molecule has 0 bridgehead atoms. The first kappa shape index (κ1) is 22.0. The zero-order valence-electron chi connectivity index (χ0n) is 20.1. The number of imidazole rings is 1. The molecule has 1 aliphatic heterocycles. The Balaban J connectivity index is 1.32. The van der Waals surface area contributed by atoms with E-state index in [0.29, 0.717) is 12.0 Å². The van der Waals surface area contributed by atoms with Crippen LogP contribution in [0.2, 0.25) is 0 Å². The van der Waals surface area contributed by atoms with E-state index in [1.165, 1.54) is 18.4 Å². The molecule has 1 aliphatic carbocycles. The molecule has 6 nitrogen and oxygen atoms in total. The number of H-pyrrole nitrogens is 1. The van der Waals surface area contributed by atoms with E-state index in [-0.39, 0.29) is 6.04 Å². The molecule has 6 heteroatoms. The summed E-state index contributed by atoms with van der Waals surface area (Å²) >= 11 is 0. The quantitative estimate of drug-likeness (QED) is 0.321. The lowest BCUT2D eigenvalue weighted by molar-refractivity contribution is -0.113. The van der Waals surface area contributed by atoms with Gasteiger partial charge < -0.3 is 20.8 Å². The predicted molar refractivity (Wildman–Crippen MR) is 141 cm³/mol. The molecule has 0 amide bonds. The van der Waals surface area contributed by atoms with Crippen LogP contribution in [0, 0.1) is 5.41 Å². The number of carbonyl (C=O) groups is 1. The lowest BCUT2D eigenvalue weighted by Gasteiger charge is -2.36. The largest absolute Gasteiger partial charge is 0.355 e. The van der Waals surface area contributed by atoms with Gasteiger partial charge in [0.1, 0.15) is 12.1 Å². The molecule has 1 saturated carbocycles. The van der Waals surface area contributed by atoms with Crippen LogP contribution in [0.25, 0.3) is 22.4 Å². The summed E-state index contributed by atoms with van der Waals surface area (Å²) in [5, 5.41) is 3.63. The topological polar surface area (TPSA) is 87.0 Å². The Bertz CT molecular complexity index is 1370. The lowest BCUT2D eigenvalue weighted by Crippen LogP contribution is -2.39. The van der Waals surface area contributed by atoms with Gasteiger partial charge in [-0.1, -0.05) is 37.3 Å². The molecule has 4 N–H and O–H groups in total. The SMILES string of the molecule is CC1(CN2CCc3c(Nc4ccc(CN)c(-c5nc6ccccc6[nH]5)c4)cccc3C2C=O)CC1. The van der Waals surface area contributed by atoms with E-state index in [2.05, 4.69) is 58.5 Å². The number of aromatic nitrogens is 2. The summed E-state index contributed by atoms with van der Waals surface area (Å²) in [4.78, 5) is 22.8. The molecule has 6 rings (SSSR count). The number of para-hydroxylation sites is 2. The summed E-state index contributed by atoms with van der Waals surface area (Å²) < 4.78 is 0. The average Bonchev–Trinajstić information content (AvgIpc) is 3.44. The van der Waals surface area contributed by atoms with E-state index in [4.69, 9.17) is 10.7 Å². The minimum atomic E-state index is -0.177. The monoisotopic (exact) mass is 465 g/mol. The van der Waals surface area contributed by atoms with Gasteiger partial charge in [-0.25, -0.2) is 4.98 Å². The summed E-state index contributed by atoms with van der Waals surface area (Å²) in [7, 11) is 0. The number of carbonyl (C=O) groups excluding carboxylic acids is 1. The Labute approximate surface area is 205 Å². The maximum absolute atomic E-state index is 12.2.